The Balaban J connectivity index is 2.26. The van der Waals surface area contributed by atoms with E-state index in [1.807, 2.05) is 46.1 Å². The number of azide groups is 1. The van der Waals surface area contributed by atoms with Crippen molar-refractivity contribution >= 4 is 57.5 Å². The number of nitro benzene ring substituents is 1. The normalized spacial score (nSPS) is 24.8. The molecule has 14 nitrogen and oxygen atoms in total. The monoisotopic (exact) mass is 913 g/mol. The van der Waals surface area contributed by atoms with E-state index < -0.39 is 75.3 Å². The van der Waals surface area contributed by atoms with E-state index in [2.05, 4.69) is 63.5 Å². The zero-order valence-corrected chi connectivity index (χ0v) is 41.9. The summed E-state index contributed by atoms with van der Waals surface area (Å²) in [6.45, 7) is 24.4. The van der Waals surface area contributed by atoms with Gasteiger partial charge in [-0.1, -0.05) is 74.4 Å². The number of aryl methyl sites for hydroxylation is 1. The molecule has 2 aromatic rings. The maximum atomic E-state index is 15.2. The first-order valence-electron chi connectivity index (χ1n) is 22.5. The molecule has 2 heterocycles. The number of nitro groups is 1. The second kappa shape index (κ2) is 23.8. The summed E-state index contributed by atoms with van der Waals surface area (Å²) < 4.78 is 26.9. The second-order valence-electron chi connectivity index (χ2n) is 17.6. The Morgan fingerprint density at radius 2 is 1.60 bits per heavy atom. The van der Waals surface area contributed by atoms with Gasteiger partial charge in [0, 0.05) is 40.2 Å². The molecule has 1 fully saturated rings. The lowest BCUT2D eigenvalue weighted by Crippen LogP contribution is -2.53. The van der Waals surface area contributed by atoms with Crippen LogP contribution in [-0.4, -0.2) is 74.7 Å². The van der Waals surface area contributed by atoms with E-state index in [-0.39, 0.29) is 42.2 Å². The minimum atomic E-state index is -2.39. The van der Waals surface area contributed by atoms with E-state index in [0.29, 0.717) is 24.1 Å². The van der Waals surface area contributed by atoms with Crippen molar-refractivity contribution in [2.24, 2.45) is 22.4 Å². The molecule has 1 aliphatic heterocycles. The molecule has 62 heavy (non-hydrogen) atoms. The average molecular weight is 914 g/mol. The zero-order valence-electron chi connectivity index (χ0n) is 39.1. The van der Waals surface area contributed by atoms with Crippen LogP contribution in [0.1, 0.15) is 129 Å². The van der Waals surface area contributed by atoms with Crippen LogP contribution in [0.3, 0.4) is 0 Å². The number of cyclic esters (lactones) is 1. The molecule has 0 bridgehead atoms. The number of carbonyl (C=O) groups is 3. The number of carbonyl (C=O) groups excluding carboxylic acids is 3. The highest BCUT2D eigenvalue weighted by atomic mass is 32.1. The van der Waals surface area contributed by atoms with Gasteiger partial charge in [0.2, 0.25) is 0 Å². The van der Waals surface area contributed by atoms with E-state index in [4.69, 9.17) is 18.3 Å². The van der Waals surface area contributed by atoms with Crippen molar-refractivity contribution < 1.29 is 37.6 Å². The van der Waals surface area contributed by atoms with Crippen LogP contribution in [0.4, 0.5) is 5.69 Å². The van der Waals surface area contributed by atoms with Crippen LogP contribution in [0.15, 0.2) is 40.3 Å². The molecule has 1 unspecified atom stereocenters. The average Bonchev–Trinajstić information content (AvgIpc) is 3.67. The first kappa shape index (κ1) is 52.6. The summed E-state index contributed by atoms with van der Waals surface area (Å²) in [5.74, 6) is -1.99. The molecule has 1 aliphatic rings. The van der Waals surface area contributed by atoms with Crippen LogP contribution < -0.4 is 0 Å². The van der Waals surface area contributed by atoms with Crippen LogP contribution in [0.2, 0.25) is 36.3 Å². The van der Waals surface area contributed by atoms with Crippen LogP contribution >= 0.6 is 11.3 Å². The summed E-state index contributed by atoms with van der Waals surface area (Å²) in [6, 6.07) is 9.27. The van der Waals surface area contributed by atoms with E-state index in [0.717, 1.165) is 41.3 Å². The predicted octanol–water partition coefficient (Wildman–Crippen LogP) is 12.2. The number of Topliss-reactive ketones (excluding diaryl/α,β-unsaturated/α-hetero) is 1. The van der Waals surface area contributed by atoms with Gasteiger partial charge in [0.25, 0.3) is 5.69 Å². The number of nitrogens with zero attached hydrogens (tertiary/aromatic N) is 5. The summed E-state index contributed by atoms with van der Waals surface area (Å²) in [6.07, 6.45) is -0.136. The molecule has 0 amide bonds. The number of rotatable bonds is 16. The van der Waals surface area contributed by atoms with Gasteiger partial charge in [-0.25, -0.2) is 9.78 Å². The topological polar surface area (TPSA) is 193 Å². The number of esters is 2. The Hall–Kier alpha value is -3.74. The van der Waals surface area contributed by atoms with Gasteiger partial charge in [-0.3, -0.25) is 19.7 Å². The maximum absolute atomic E-state index is 15.2. The lowest BCUT2D eigenvalue weighted by Gasteiger charge is -2.44. The third kappa shape index (κ3) is 13.6. The fourth-order valence-electron chi connectivity index (χ4n) is 8.72. The van der Waals surface area contributed by atoms with Crippen LogP contribution in [0, 0.1) is 34.3 Å². The quantitative estimate of drug-likeness (QED) is 0.0297. The Bertz CT molecular complexity index is 1880. The van der Waals surface area contributed by atoms with Gasteiger partial charge in [-0.05, 0) is 105 Å². The molecule has 0 radical (unpaired) electrons. The number of hydrogen-bond acceptors (Lipinski definition) is 12. The molecule has 1 aromatic heterocycles. The molecule has 0 N–H and O–H groups in total. The number of thiazole rings is 1. The lowest BCUT2D eigenvalue weighted by atomic mass is 9.73. The van der Waals surface area contributed by atoms with Gasteiger partial charge < -0.3 is 18.3 Å². The number of non-ortho nitro benzene ring substituents is 1. The van der Waals surface area contributed by atoms with E-state index in [1.54, 1.807) is 0 Å². The fraction of sp³-hybridized carbons (Fsp3) is 0.689. The molecule has 1 aromatic carbocycles. The van der Waals surface area contributed by atoms with Gasteiger partial charge >= 0.3 is 11.9 Å². The summed E-state index contributed by atoms with van der Waals surface area (Å²) in [7, 11) is -4.64. The van der Waals surface area contributed by atoms with Gasteiger partial charge in [-0.2, -0.15) is 0 Å². The maximum Gasteiger partial charge on any atom is 0.338 e. The summed E-state index contributed by atoms with van der Waals surface area (Å²) >= 11 is 1.48. The second-order valence-corrected chi connectivity index (χ2v) is 28.1. The minimum Gasteiger partial charge on any atom is -0.458 e. The molecule has 0 saturated carbocycles. The van der Waals surface area contributed by atoms with Gasteiger partial charge in [0.05, 0.1) is 45.9 Å². The van der Waals surface area contributed by atoms with Crippen molar-refractivity contribution in [3.63, 3.8) is 0 Å². The van der Waals surface area contributed by atoms with Crippen molar-refractivity contribution in [2.45, 2.75) is 182 Å². The number of ether oxygens (including phenoxy) is 2. The first-order valence-corrected chi connectivity index (χ1v) is 28.4. The van der Waals surface area contributed by atoms with Gasteiger partial charge in [-0.15, -0.1) is 11.3 Å². The molecule has 344 valence electrons. The Kier molecular flexibility index (Phi) is 20.2. The molecule has 17 heteroatoms. The van der Waals surface area contributed by atoms with Crippen LogP contribution in [0.5, 0.6) is 0 Å². The highest BCUT2D eigenvalue weighted by Crippen LogP contribution is 2.40. The Morgan fingerprint density at radius 3 is 2.11 bits per heavy atom. The molecule has 3 rings (SSSR count). The minimum absolute atomic E-state index is 0.0264. The number of hydrogen-bond donors (Lipinski definition) is 0. The third-order valence-corrected chi connectivity index (χ3v) is 23.6. The number of ketones is 1. The highest BCUT2D eigenvalue weighted by Gasteiger charge is 2.48. The molecule has 0 spiro atoms. The van der Waals surface area contributed by atoms with Crippen molar-refractivity contribution in [2.75, 3.05) is 0 Å². The molecule has 1 saturated heterocycles. The summed E-state index contributed by atoms with van der Waals surface area (Å²) in [5.41, 5.74) is 10.1. The van der Waals surface area contributed by atoms with Crippen LogP contribution in [-0.2, 0) is 27.9 Å². The molecular weight excluding hydrogens is 843 g/mol. The lowest BCUT2D eigenvalue weighted by molar-refractivity contribution is -0.384. The first-order chi connectivity index (χ1) is 29.3. The summed E-state index contributed by atoms with van der Waals surface area (Å²) in [5, 5.41) is 18.3. The third-order valence-electron chi connectivity index (χ3n) is 13.5. The predicted molar refractivity (Wildman–Crippen MR) is 250 cm³/mol. The summed E-state index contributed by atoms with van der Waals surface area (Å²) in [4.78, 5) is 62.0. The number of benzene rings is 1. The number of aromatic nitrogens is 1. The van der Waals surface area contributed by atoms with E-state index >= 15 is 4.79 Å². The van der Waals surface area contributed by atoms with Crippen molar-refractivity contribution in [3.8, 4) is 0 Å². The molecular formula is C45H71N5O9SSi2. The highest BCUT2D eigenvalue weighted by molar-refractivity contribution is 7.09. The Morgan fingerprint density at radius 1 is 1.02 bits per heavy atom. The van der Waals surface area contributed by atoms with Gasteiger partial charge in [0.15, 0.2) is 16.6 Å². The fourth-order valence-corrected chi connectivity index (χ4v) is 15.3. The SMILES string of the molecule is CC[Si](CC)(CC)O[C@H]1[C@@H](C)CCC[C@H](OC(=O)c2ccc([N+](=O)[O-])cc2)[C@@H](N=[N+]=[N-])CC(/C(C)=C/c2csc(C)n2)OC(=O)C[C@H](O[Si](CC)(CC)CC)C(C)(C)C(=O)[C@@H]1C. The van der Waals surface area contributed by atoms with Crippen molar-refractivity contribution in [1.29, 1.82) is 0 Å². The Labute approximate surface area is 375 Å². The van der Waals surface area contributed by atoms with Gasteiger partial charge in [0.1, 0.15) is 18.0 Å². The van der Waals surface area contributed by atoms with Crippen molar-refractivity contribution in [3.05, 3.63) is 72.0 Å². The largest absolute Gasteiger partial charge is 0.458 e. The van der Waals surface area contributed by atoms with Crippen LogP contribution in [0.25, 0.3) is 16.5 Å². The van der Waals surface area contributed by atoms with E-state index in [1.165, 1.54) is 35.6 Å². The molecule has 7 atom stereocenters. The standard InChI is InChI=1S/C45H71N5O9SSi2/c1-13-61(14-2,15-3)58-40-28-41(51)56-39(31(8)26-35-29-60-33(10)47-35)27-37(48-49-46)38(57-44(53)34-22-24-36(25-23-34)50(54)55)21-19-20-30(7)42(32(9)43(52)45(40,11)12)59-62(16-4,17-5)18-6/h22-26,29-30,32,37-40,42H,13-21,27-28H2,1-12H3/b31-26+/t30-,32+,37-,38-,39?,40-,42-/m0/s1. The molecule has 0 aliphatic carbocycles. The zero-order chi connectivity index (χ0) is 46.4. The van der Waals surface area contributed by atoms with E-state index in [9.17, 15) is 25.2 Å². The van der Waals surface area contributed by atoms with Crippen molar-refractivity contribution in [1.82, 2.24) is 4.98 Å². The smallest absolute Gasteiger partial charge is 0.338 e.